The zero-order valence-corrected chi connectivity index (χ0v) is 35.2. The first-order chi connectivity index (χ1) is 31.3. The van der Waals surface area contributed by atoms with Crippen LogP contribution in [-0.2, 0) is 5.41 Å². The van der Waals surface area contributed by atoms with Crippen LogP contribution in [0.5, 0.6) is 0 Å². The zero-order valence-electron chi connectivity index (χ0n) is 34.4. The Balaban J connectivity index is 1.04. The largest absolute Gasteiger partial charge is 0.310 e. The number of hydrogen-bond acceptors (Lipinski definition) is 2. The molecule has 1 atom stereocenters. The van der Waals surface area contributed by atoms with E-state index in [0.717, 1.165) is 17.1 Å². The molecule has 2 aliphatic rings. The molecule has 0 bridgehead atoms. The molecule has 0 radical (unpaired) electrons. The summed E-state index contributed by atoms with van der Waals surface area (Å²) in [4.78, 5) is 2.44. The van der Waals surface area contributed by atoms with Crippen LogP contribution in [0.3, 0.4) is 0 Å². The van der Waals surface area contributed by atoms with Crippen molar-refractivity contribution in [1.82, 2.24) is 0 Å². The van der Waals surface area contributed by atoms with Crippen molar-refractivity contribution in [1.29, 1.82) is 0 Å². The summed E-state index contributed by atoms with van der Waals surface area (Å²) in [5.41, 5.74) is 20.8. The molecular formula is C61H39NS. The summed E-state index contributed by atoms with van der Waals surface area (Å²) in [6.07, 6.45) is 0. The van der Waals surface area contributed by atoms with Gasteiger partial charge in [0.05, 0.1) is 11.1 Å². The summed E-state index contributed by atoms with van der Waals surface area (Å²) < 4.78 is 2.71. The number of rotatable bonds is 6. The lowest BCUT2D eigenvalue weighted by atomic mass is 9.70. The van der Waals surface area contributed by atoms with Crippen molar-refractivity contribution < 1.29 is 0 Å². The van der Waals surface area contributed by atoms with Crippen molar-refractivity contribution in [3.63, 3.8) is 0 Å². The Morgan fingerprint density at radius 1 is 0.302 bits per heavy atom. The SMILES string of the molecule is c1ccc(-c2ccc(N(c3ccc(-c4ccccc4)cc3)c3ccccc3-c3cccc4c3-c3ccccc3C43c4ccccc4-c4c3ccc3c4sc4ccccc43)cc2)cc1. The van der Waals surface area contributed by atoms with Crippen LogP contribution < -0.4 is 4.90 Å². The highest BCUT2D eigenvalue weighted by atomic mass is 32.1. The van der Waals surface area contributed by atoms with Gasteiger partial charge in [0.15, 0.2) is 0 Å². The van der Waals surface area contributed by atoms with E-state index in [1.165, 1.54) is 98.1 Å². The lowest BCUT2D eigenvalue weighted by Gasteiger charge is -2.31. The maximum absolute atomic E-state index is 2.45. The monoisotopic (exact) mass is 817 g/mol. The molecule has 1 heterocycles. The summed E-state index contributed by atoms with van der Waals surface area (Å²) in [5.74, 6) is 0. The quantitative estimate of drug-likeness (QED) is 0.162. The molecule has 1 nitrogen and oxygen atoms in total. The van der Waals surface area contributed by atoms with Gasteiger partial charge in [-0.1, -0.05) is 200 Å². The van der Waals surface area contributed by atoms with Gasteiger partial charge in [-0.3, -0.25) is 0 Å². The van der Waals surface area contributed by atoms with Gasteiger partial charge in [-0.05, 0) is 103 Å². The van der Waals surface area contributed by atoms with Gasteiger partial charge in [-0.15, -0.1) is 11.3 Å². The van der Waals surface area contributed by atoms with E-state index in [2.05, 4.69) is 241 Å². The predicted octanol–water partition coefficient (Wildman–Crippen LogP) is 16.9. The van der Waals surface area contributed by atoms with Crippen molar-refractivity contribution in [3.8, 4) is 55.6 Å². The number of thiophene rings is 1. The first-order valence-corrected chi connectivity index (χ1v) is 22.6. The molecule has 13 rings (SSSR count). The summed E-state index contributed by atoms with van der Waals surface area (Å²) in [6, 6.07) is 87.5. The Bertz CT molecular complexity index is 3470. The molecular weight excluding hydrogens is 779 g/mol. The predicted molar refractivity (Wildman–Crippen MR) is 267 cm³/mol. The summed E-state index contributed by atoms with van der Waals surface area (Å²) in [7, 11) is 0. The molecule has 2 heteroatoms. The van der Waals surface area contributed by atoms with Gasteiger partial charge >= 0.3 is 0 Å². The second-order valence-electron chi connectivity index (χ2n) is 16.7. The highest BCUT2D eigenvalue weighted by Crippen LogP contribution is 2.66. The van der Waals surface area contributed by atoms with E-state index in [-0.39, 0.29) is 0 Å². The molecule has 2 aliphatic carbocycles. The van der Waals surface area contributed by atoms with Crippen molar-refractivity contribution >= 4 is 48.6 Å². The van der Waals surface area contributed by atoms with E-state index in [0.29, 0.717) is 0 Å². The molecule has 0 aliphatic heterocycles. The van der Waals surface area contributed by atoms with Gasteiger partial charge in [-0.2, -0.15) is 0 Å². The third-order valence-corrected chi connectivity index (χ3v) is 14.7. The fourth-order valence-electron chi connectivity index (χ4n) is 10.9. The van der Waals surface area contributed by atoms with Crippen LogP contribution in [0, 0.1) is 0 Å². The molecule has 63 heavy (non-hydrogen) atoms. The number of benzene rings is 10. The van der Waals surface area contributed by atoms with Crippen LogP contribution in [0.1, 0.15) is 22.3 Å². The number of nitrogens with zero attached hydrogens (tertiary/aromatic N) is 1. The Morgan fingerprint density at radius 2 is 0.778 bits per heavy atom. The van der Waals surface area contributed by atoms with Gasteiger partial charge in [0, 0.05) is 42.7 Å². The fourth-order valence-corrected chi connectivity index (χ4v) is 12.1. The Hall–Kier alpha value is -7.78. The Morgan fingerprint density at radius 3 is 1.43 bits per heavy atom. The second kappa shape index (κ2) is 14.1. The Labute approximate surface area is 371 Å². The van der Waals surface area contributed by atoms with E-state index >= 15 is 0 Å². The molecule has 1 unspecified atom stereocenters. The smallest absolute Gasteiger partial charge is 0.0726 e. The van der Waals surface area contributed by atoms with E-state index in [1.807, 2.05) is 11.3 Å². The topological polar surface area (TPSA) is 3.24 Å². The first-order valence-electron chi connectivity index (χ1n) is 21.8. The lowest BCUT2D eigenvalue weighted by Crippen LogP contribution is -2.25. The van der Waals surface area contributed by atoms with Crippen LogP contribution in [0.4, 0.5) is 17.1 Å². The minimum Gasteiger partial charge on any atom is -0.310 e. The van der Waals surface area contributed by atoms with Crippen LogP contribution in [0.25, 0.3) is 75.8 Å². The summed E-state index contributed by atoms with van der Waals surface area (Å²) >= 11 is 1.93. The lowest BCUT2D eigenvalue weighted by molar-refractivity contribution is 0.794. The molecule has 11 aromatic rings. The fraction of sp³-hybridized carbons (Fsp3) is 0.0164. The van der Waals surface area contributed by atoms with E-state index in [9.17, 15) is 0 Å². The molecule has 1 spiro atoms. The first kappa shape index (κ1) is 35.9. The molecule has 0 saturated carbocycles. The second-order valence-corrected chi connectivity index (χ2v) is 17.8. The number of hydrogen-bond donors (Lipinski definition) is 0. The van der Waals surface area contributed by atoms with Crippen molar-refractivity contribution in [3.05, 3.63) is 259 Å². The van der Waals surface area contributed by atoms with E-state index in [4.69, 9.17) is 0 Å². The average molecular weight is 818 g/mol. The van der Waals surface area contributed by atoms with Gasteiger partial charge in [0.1, 0.15) is 0 Å². The van der Waals surface area contributed by atoms with Gasteiger partial charge < -0.3 is 4.90 Å². The maximum atomic E-state index is 2.45. The summed E-state index contributed by atoms with van der Waals surface area (Å²) in [6.45, 7) is 0. The molecule has 10 aromatic carbocycles. The molecule has 0 amide bonds. The standard InChI is InChI=1S/C61H39NS/c1-3-16-40(17-4-1)42-30-34-44(35-31-42)62(45-36-32-43(33-37-45)41-18-5-2-6-19-41)56-28-13-9-20-46(56)48-24-15-27-54-58(48)50-22-7-11-25-52(50)61(54)53-26-12-8-23-51(53)59-55(61)39-38-49-47-21-10-14-29-57(47)63-60(49)59/h1-39H. The molecule has 0 saturated heterocycles. The highest BCUT2D eigenvalue weighted by molar-refractivity contribution is 7.26. The van der Waals surface area contributed by atoms with E-state index in [1.54, 1.807) is 0 Å². The summed E-state index contributed by atoms with van der Waals surface area (Å²) in [5, 5.41) is 2.67. The zero-order chi connectivity index (χ0) is 41.5. The maximum Gasteiger partial charge on any atom is 0.0726 e. The highest BCUT2D eigenvalue weighted by Gasteiger charge is 2.52. The minimum atomic E-state index is -0.465. The van der Waals surface area contributed by atoms with Crippen molar-refractivity contribution in [2.24, 2.45) is 0 Å². The van der Waals surface area contributed by atoms with Gasteiger partial charge in [0.2, 0.25) is 0 Å². The minimum absolute atomic E-state index is 0.465. The van der Waals surface area contributed by atoms with E-state index < -0.39 is 5.41 Å². The molecule has 294 valence electrons. The third kappa shape index (κ3) is 5.29. The van der Waals surface area contributed by atoms with Crippen molar-refractivity contribution in [2.75, 3.05) is 4.90 Å². The normalized spacial score (nSPS) is 14.4. The van der Waals surface area contributed by atoms with Crippen LogP contribution in [0.15, 0.2) is 237 Å². The average Bonchev–Trinajstić information content (AvgIpc) is 4.00. The van der Waals surface area contributed by atoms with Gasteiger partial charge in [0.25, 0.3) is 0 Å². The molecule has 0 fully saturated rings. The van der Waals surface area contributed by atoms with Crippen LogP contribution in [-0.4, -0.2) is 0 Å². The Kier molecular flexibility index (Phi) is 8.06. The van der Waals surface area contributed by atoms with Crippen molar-refractivity contribution in [2.45, 2.75) is 5.41 Å². The van der Waals surface area contributed by atoms with Crippen LogP contribution >= 0.6 is 11.3 Å². The number of para-hydroxylation sites is 1. The van der Waals surface area contributed by atoms with Gasteiger partial charge in [-0.25, -0.2) is 0 Å². The third-order valence-electron chi connectivity index (χ3n) is 13.5. The molecule has 1 aromatic heterocycles. The molecule has 0 N–H and O–H groups in total. The number of anilines is 3. The number of fused-ring (bicyclic) bond motifs is 14. The van der Waals surface area contributed by atoms with Crippen LogP contribution in [0.2, 0.25) is 0 Å².